The highest BCUT2D eigenvalue weighted by molar-refractivity contribution is 14.1. The molecule has 1 aromatic heterocycles. The summed E-state index contributed by atoms with van der Waals surface area (Å²) in [6.45, 7) is 2.00. The highest BCUT2D eigenvalue weighted by Crippen LogP contribution is 2.23. The standard InChI is InChI=1S/C12H10BrIN2O/c1-7-4-3-5-8(10(7)14)12(17)11-9(13)6-15-16(11)2/h3-6H,1-2H3. The lowest BCUT2D eigenvalue weighted by Gasteiger charge is -2.07. The quantitative estimate of drug-likeness (QED) is 0.568. The number of hydrogen-bond donors (Lipinski definition) is 0. The van der Waals surface area contributed by atoms with Gasteiger partial charge < -0.3 is 0 Å². The van der Waals surface area contributed by atoms with Crippen LogP contribution in [0.1, 0.15) is 21.6 Å². The number of carbonyl (C=O) groups excluding carboxylic acids is 1. The molecule has 0 bridgehead atoms. The Bertz CT molecular complexity index is 573. The molecule has 0 unspecified atom stereocenters. The molecule has 0 aliphatic carbocycles. The molecule has 0 amide bonds. The van der Waals surface area contributed by atoms with Gasteiger partial charge in [0.2, 0.25) is 5.78 Å². The second-order valence-electron chi connectivity index (χ2n) is 3.73. The van der Waals surface area contributed by atoms with Crippen molar-refractivity contribution in [1.29, 1.82) is 0 Å². The first-order valence-corrected chi connectivity index (χ1v) is 6.87. The molecule has 5 heteroatoms. The Labute approximate surface area is 121 Å². The molecule has 1 heterocycles. The number of rotatable bonds is 2. The van der Waals surface area contributed by atoms with Crippen LogP contribution in [0.5, 0.6) is 0 Å². The van der Waals surface area contributed by atoms with Crippen LogP contribution >= 0.6 is 38.5 Å². The summed E-state index contributed by atoms with van der Waals surface area (Å²) in [6, 6.07) is 5.74. The molecule has 2 rings (SSSR count). The maximum atomic E-state index is 12.4. The minimum atomic E-state index is -0.00928. The first kappa shape index (κ1) is 12.8. The van der Waals surface area contributed by atoms with E-state index in [2.05, 4.69) is 43.6 Å². The number of ketones is 1. The molecule has 0 aliphatic rings. The number of halogens is 2. The van der Waals surface area contributed by atoms with Gasteiger partial charge in [0.1, 0.15) is 5.69 Å². The van der Waals surface area contributed by atoms with Crippen LogP contribution in [0.25, 0.3) is 0 Å². The van der Waals surface area contributed by atoms with Crippen molar-refractivity contribution in [3.05, 3.63) is 49.3 Å². The normalized spacial score (nSPS) is 10.6. The molecule has 0 N–H and O–H groups in total. The SMILES string of the molecule is Cc1cccc(C(=O)c2c(Br)cnn2C)c1I. The van der Waals surface area contributed by atoms with Gasteiger partial charge in [0.15, 0.2) is 0 Å². The van der Waals surface area contributed by atoms with Gasteiger partial charge in [-0.25, -0.2) is 0 Å². The molecule has 3 nitrogen and oxygen atoms in total. The Morgan fingerprint density at radius 2 is 2.18 bits per heavy atom. The Kier molecular flexibility index (Phi) is 3.67. The smallest absolute Gasteiger partial charge is 0.213 e. The topological polar surface area (TPSA) is 34.9 Å². The molecule has 0 radical (unpaired) electrons. The van der Waals surface area contributed by atoms with Crippen molar-refractivity contribution < 1.29 is 4.79 Å². The molecule has 0 fully saturated rings. The third kappa shape index (κ3) is 2.30. The lowest BCUT2D eigenvalue weighted by Crippen LogP contribution is -2.11. The van der Waals surface area contributed by atoms with Gasteiger partial charge in [0.25, 0.3) is 0 Å². The fourth-order valence-electron chi connectivity index (χ4n) is 1.62. The number of hydrogen-bond acceptors (Lipinski definition) is 2. The lowest BCUT2D eigenvalue weighted by atomic mass is 10.1. The zero-order valence-electron chi connectivity index (χ0n) is 9.37. The van der Waals surface area contributed by atoms with Gasteiger partial charge in [-0.05, 0) is 57.1 Å². The highest BCUT2D eigenvalue weighted by Gasteiger charge is 2.19. The first-order valence-electron chi connectivity index (χ1n) is 4.99. The maximum Gasteiger partial charge on any atom is 0.213 e. The summed E-state index contributed by atoms with van der Waals surface area (Å²) in [5, 5.41) is 4.06. The number of aryl methyl sites for hydroxylation is 2. The van der Waals surface area contributed by atoms with E-state index in [-0.39, 0.29) is 5.78 Å². The van der Waals surface area contributed by atoms with Crippen molar-refractivity contribution in [2.45, 2.75) is 6.92 Å². The monoisotopic (exact) mass is 404 g/mol. The van der Waals surface area contributed by atoms with Crippen LogP contribution in [0.3, 0.4) is 0 Å². The summed E-state index contributed by atoms with van der Waals surface area (Å²) in [7, 11) is 1.76. The van der Waals surface area contributed by atoms with Gasteiger partial charge >= 0.3 is 0 Å². The van der Waals surface area contributed by atoms with Gasteiger partial charge in [-0.1, -0.05) is 12.1 Å². The van der Waals surface area contributed by atoms with E-state index < -0.39 is 0 Å². The fourth-order valence-corrected chi connectivity index (χ4v) is 2.75. The van der Waals surface area contributed by atoms with Crippen molar-refractivity contribution >= 4 is 44.3 Å². The highest BCUT2D eigenvalue weighted by atomic mass is 127. The van der Waals surface area contributed by atoms with E-state index in [4.69, 9.17) is 0 Å². The van der Waals surface area contributed by atoms with Crippen LogP contribution in [0.4, 0.5) is 0 Å². The third-order valence-corrected chi connectivity index (χ3v) is 4.56. The Hall–Kier alpha value is -0.690. The molecule has 1 aromatic carbocycles. The van der Waals surface area contributed by atoms with Crippen molar-refractivity contribution in [3.63, 3.8) is 0 Å². The maximum absolute atomic E-state index is 12.4. The summed E-state index contributed by atoms with van der Waals surface area (Å²) in [4.78, 5) is 12.4. The predicted octanol–water partition coefficient (Wildman–Crippen LogP) is 3.33. The van der Waals surface area contributed by atoms with Crippen LogP contribution in [0, 0.1) is 10.5 Å². The number of nitrogens with zero attached hydrogens (tertiary/aromatic N) is 2. The van der Waals surface area contributed by atoms with E-state index in [0.717, 1.165) is 19.2 Å². The van der Waals surface area contributed by atoms with Crippen molar-refractivity contribution in [1.82, 2.24) is 9.78 Å². The van der Waals surface area contributed by atoms with Gasteiger partial charge in [-0.2, -0.15) is 5.10 Å². The number of aromatic nitrogens is 2. The zero-order chi connectivity index (χ0) is 12.6. The fraction of sp³-hybridized carbons (Fsp3) is 0.167. The summed E-state index contributed by atoms with van der Waals surface area (Å²) in [5.74, 6) is -0.00928. The second kappa shape index (κ2) is 4.89. The Morgan fingerprint density at radius 3 is 2.76 bits per heavy atom. The second-order valence-corrected chi connectivity index (χ2v) is 5.66. The van der Waals surface area contributed by atoms with Crippen LogP contribution in [0.15, 0.2) is 28.9 Å². The van der Waals surface area contributed by atoms with Crippen LogP contribution < -0.4 is 0 Å². The summed E-state index contributed by atoms with van der Waals surface area (Å²) in [5.41, 5.74) is 2.40. The van der Waals surface area contributed by atoms with Crippen LogP contribution in [-0.2, 0) is 7.05 Å². The van der Waals surface area contributed by atoms with E-state index in [9.17, 15) is 4.79 Å². The van der Waals surface area contributed by atoms with Crippen molar-refractivity contribution in [3.8, 4) is 0 Å². The molecule has 88 valence electrons. The molecular weight excluding hydrogens is 395 g/mol. The number of benzene rings is 1. The van der Waals surface area contributed by atoms with E-state index in [1.165, 1.54) is 0 Å². The molecular formula is C12H10BrIN2O. The van der Waals surface area contributed by atoms with Crippen molar-refractivity contribution in [2.24, 2.45) is 7.05 Å². The average Bonchev–Trinajstić information content (AvgIpc) is 2.62. The largest absolute Gasteiger partial charge is 0.287 e. The minimum Gasteiger partial charge on any atom is -0.287 e. The molecule has 0 saturated carbocycles. The molecule has 17 heavy (non-hydrogen) atoms. The van der Waals surface area contributed by atoms with Crippen LogP contribution in [0.2, 0.25) is 0 Å². The predicted molar refractivity (Wildman–Crippen MR) is 78.2 cm³/mol. The molecule has 2 aromatic rings. The number of carbonyl (C=O) groups is 1. The van der Waals surface area contributed by atoms with E-state index in [1.54, 1.807) is 17.9 Å². The van der Waals surface area contributed by atoms with Gasteiger partial charge in [-0.15, -0.1) is 0 Å². The zero-order valence-corrected chi connectivity index (χ0v) is 13.1. The average molecular weight is 405 g/mol. The van der Waals surface area contributed by atoms with Gasteiger partial charge in [0.05, 0.1) is 10.7 Å². The van der Waals surface area contributed by atoms with Gasteiger partial charge in [0, 0.05) is 16.2 Å². The van der Waals surface area contributed by atoms with E-state index >= 15 is 0 Å². The molecule has 0 atom stereocenters. The summed E-state index contributed by atoms with van der Waals surface area (Å²) < 4.78 is 3.30. The Morgan fingerprint density at radius 1 is 1.47 bits per heavy atom. The third-order valence-electron chi connectivity index (χ3n) is 2.55. The summed E-state index contributed by atoms with van der Waals surface area (Å²) in [6.07, 6.45) is 1.63. The van der Waals surface area contributed by atoms with E-state index in [1.807, 2.05) is 25.1 Å². The van der Waals surface area contributed by atoms with E-state index in [0.29, 0.717) is 5.69 Å². The molecule has 0 aliphatic heterocycles. The Balaban J connectivity index is 2.55. The molecule has 0 saturated heterocycles. The van der Waals surface area contributed by atoms with Crippen LogP contribution in [-0.4, -0.2) is 15.6 Å². The first-order chi connectivity index (χ1) is 8.02. The lowest BCUT2D eigenvalue weighted by molar-refractivity contribution is 0.102. The summed E-state index contributed by atoms with van der Waals surface area (Å²) >= 11 is 5.55. The van der Waals surface area contributed by atoms with Gasteiger partial charge in [-0.3, -0.25) is 9.48 Å². The molecule has 0 spiro atoms. The van der Waals surface area contributed by atoms with Crippen molar-refractivity contribution in [2.75, 3.05) is 0 Å². The minimum absolute atomic E-state index is 0.00928.